The van der Waals surface area contributed by atoms with E-state index >= 15 is 0 Å². The fraction of sp³-hybridized carbons (Fsp3) is 0.714. The third kappa shape index (κ3) is 1.97. The van der Waals surface area contributed by atoms with Crippen LogP contribution in [0.3, 0.4) is 0 Å². The molecule has 1 aromatic rings. The highest BCUT2D eigenvalue weighted by Crippen LogP contribution is 2.58. The average molecular weight is 327 g/mol. The quantitative estimate of drug-likeness (QED) is 0.925. The van der Waals surface area contributed by atoms with E-state index in [1.165, 1.54) is 43.4 Å². The van der Waals surface area contributed by atoms with Gasteiger partial charge in [-0.2, -0.15) is 0 Å². The molecule has 1 heterocycles. The molecule has 2 bridgehead atoms. The van der Waals surface area contributed by atoms with E-state index in [9.17, 15) is 5.11 Å². The molecule has 0 radical (unpaired) electrons. The molecule has 3 fully saturated rings. The molecule has 2 saturated carbocycles. The molecule has 1 aromatic carbocycles. The lowest BCUT2D eigenvalue weighted by Crippen LogP contribution is -2.72. The Morgan fingerprint density at radius 2 is 2.04 bits per heavy atom. The molecule has 130 valence electrons. The summed E-state index contributed by atoms with van der Waals surface area (Å²) < 4.78 is 5.52. The molecule has 4 aliphatic rings. The Bertz CT molecular complexity index is 655. The molecule has 1 saturated heterocycles. The molecule has 24 heavy (non-hydrogen) atoms. The number of piperidine rings is 1. The van der Waals surface area contributed by atoms with Gasteiger partial charge in [-0.1, -0.05) is 18.9 Å². The predicted molar refractivity (Wildman–Crippen MR) is 94.5 cm³/mol. The number of benzene rings is 1. The molecule has 0 aromatic heterocycles. The van der Waals surface area contributed by atoms with Gasteiger partial charge in [-0.05, 0) is 74.2 Å². The van der Waals surface area contributed by atoms with Crippen molar-refractivity contribution >= 4 is 0 Å². The van der Waals surface area contributed by atoms with Crippen LogP contribution in [0.15, 0.2) is 18.2 Å². The number of fused-ring (bicyclic) bond motifs is 1. The largest absolute Gasteiger partial charge is 0.497 e. The van der Waals surface area contributed by atoms with Crippen LogP contribution in [-0.2, 0) is 11.8 Å². The van der Waals surface area contributed by atoms with E-state index in [0.29, 0.717) is 6.04 Å². The molecule has 3 heteroatoms. The Labute approximate surface area is 145 Å². The summed E-state index contributed by atoms with van der Waals surface area (Å²) in [4.78, 5) is 2.65. The van der Waals surface area contributed by atoms with Gasteiger partial charge in [-0.15, -0.1) is 0 Å². The Balaban J connectivity index is 1.62. The van der Waals surface area contributed by atoms with Crippen LogP contribution in [0.2, 0.25) is 0 Å². The maximum absolute atomic E-state index is 12.0. The third-order valence-electron chi connectivity index (χ3n) is 7.49. The molecular weight excluding hydrogens is 298 g/mol. The second-order valence-corrected chi connectivity index (χ2v) is 8.64. The lowest BCUT2D eigenvalue weighted by molar-refractivity contribution is -0.166. The Kier molecular flexibility index (Phi) is 3.31. The lowest BCUT2D eigenvalue weighted by Gasteiger charge is -2.64. The van der Waals surface area contributed by atoms with Crippen LogP contribution in [0.5, 0.6) is 5.75 Å². The molecule has 1 unspecified atom stereocenters. The fourth-order valence-corrected chi connectivity index (χ4v) is 6.06. The summed E-state index contributed by atoms with van der Waals surface area (Å²) in [6.07, 6.45) is 9.41. The van der Waals surface area contributed by atoms with E-state index in [0.717, 1.165) is 43.9 Å². The molecule has 0 amide bonds. The monoisotopic (exact) mass is 327 g/mol. The number of nitrogens with zero attached hydrogens (tertiary/aromatic N) is 1. The van der Waals surface area contributed by atoms with Crippen molar-refractivity contribution in [1.82, 2.24) is 4.90 Å². The van der Waals surface area contributed by atoms with Gasteiger partial charge in [0, 0.05) is 18.0 Å². The van der Waals surface area contributed by atoms with Crippen LogP contribution in [0.1, 0.15) is 56.1 Å². The van der Waals surface area contributed by atoms with Crippen LogP contribution < -0.4 is 4.74 Å². The number of ether oxygens (including phenoxy) is 1. The molecule has 0 spiro atoms. The molecule has 3 atom stereocenters. The molecule has 1 aliphatic heterocycles. The van der Waals surface area contributed by atoms with Gasteiger partial charge in [0.05, 0.1) is 12.7 Å². The van der Waals surface area contributed by atoms with Crippen molar-refractivity contribution in [2.45, 2.75) is 68.4 Å². The summed E-state index contributed by atoms with van der Waals surface area (Å²) in [5, 5.41) is 12.0. The Hall–Kier alpha value is -1.06. The minimum Gasteiger partial charge on any atom is -0.497 e. The highest BCUT2D eigenvalue weighted by Gasteiger charge is 2.63. The Morgan fingerprint density at radius 3 is 2.83 bits per heavy atom. The average Bonchev–Trinajstić information content (AvgIpc) is 3.41. The van der Waals surface area contributed by atoms with Crippen LogP contribution in [-0.4, -0.2) is 41.8 Å². The SMILES string of the molecule is COc1ccc2c(c1)[C@@]13CCCCC1(O)[C@@H](C2)N(CC1CC1)CC3. The van der Waals surface area contributed by atoms with E-state index < -0.39 is 5.60 Å². The minimum atomic E-state index is -0.544. The smallest absolute Gasteiger partial charge is 0.119 e. The van der Waals surface area contributed by atoms with Gasteiger partial charge in [0.1, 0.15) is 5.75 Å². The summed E-state index contributed by atoms with van der Waals surface area (Å²) in [6.45, 7) is 2.36. The number of rotatable bonds is 3. The normalized spacial score (nSPS) is 38.3. The van der Waals surface area contributed by atoms with E-state index in [4.69, 9.17) is 4.74 Å². The van der Waals surface area contributed by atoms with Crippen molar-refractivity contribution in [3.8, 4) is 5.75 Å². The first-order valence-corrected chi connectivity index (χ1v) is 9.80. The minimum absolute atomic E-state index is 0.0436. The fourth-order valence-electron chi connectivity index (χ4n) is 6.06. The summed E-state index contributed by atoms with van der Waals surface area (Å²) in [6, 6.07) is 6.91. The topological polar surface area (TPSA) is 32.7 Å². The first kappa shape index (κ1) is 15.2. The van der Waals surface area contributed by atoms with Crippen molar-refractivity contribution < 1.29 is 9.84 Å². The predicted octanol–water partition coefficient (Wildman–Crippen LogP) is 3.28. The molecule has 5 rings (SSSR count). The summed E-state index contributed by atoms with van der Waals surface area (Å²) in [5.41, 5.74) is 2.26. The first-order valence-electron chi connectivity index (χ1n) is 9.80. The van der Waals surface area contributed by atoms with Gasteiger partial charge in [0.2, 0.25) is 0 Å². The highest BCUT2D eigenvalue weighted by atomic mass is 16.5. The number of aliphatic hydroxyl groups is 1. The van der Waals surface area contributed by atoms with Crippen molar-refractivity contribution in [3.63, 3.8) is 0 Å². The molecular formula is C21H29NO2. The maximum atomic E-state index is 12.0. The van der Waals surface area contributed by atoms with Crippen LogP contribution in [0, 0.1) is 5.92 Å². The summed E-state index contributed by atoms with van der Waals surface area (Å²) in [7, 11) is 1.75. The zero-order valence-electron chi connectivity index (χ0n) is 14.8. The summed E-state index contributed by atoms with van der Waals surface area (Å²) in [5.74, 6) is 1.83. The standard InChI is InChI=1S/C21H29NO2/c1-24-17-7-6-16-12-19-21(23)9-3-2-8-20(21,18(16)13-17)10-11-22(19)14-15-4-5-15/h6-7,13,15,19,23H,2-5,8-12,14H2,1H3/t19-,20+,21?/m1/s1. The number of likely N-dealkylation sites (tertiary alicyclic amines) is 1. The van der Waals surface area contributed by atoms with Gasteiger partial charge in [0.15, 0.2) is 0 Å². The van der Waals surface area contributed by atoms with Gasteiger partial charge in [0.25, 0.3) is 0 Å². The maximum Gasteiger partial charge on any atom is 0.119 e. The van der Waals surface area contributed by atoms with Crippen molar-refractivity contribution in [2.75, 3.05) is 20.2 Å². The van der Waals surface area contributed by atoms with E-state index in [1.807, 2.05) is 0 Å². The number of methoxy groups -OCH3 is 1. The van der Waals surface area contributed by atoms with Crippen molar-refractivity contribution in [3.05, 3.63) is 29.3 Å². The number of hydrogen-bond donors (Lipinski definition) is 1. The first-order chi connectivity index (χ1) is 11.7. The van der Waals surface area contributed by atoms with Gasteiger partial charge >= 0.3 is 0 Å². The van der Waals surface area contributed by atoms with E-state index in [2.05, 4.69) is 23.1 Å². The van der Waals surface area contributed by atoms with Crippen LogP contribution in [0.4, 0.5) is 0 Å². The van der Waals surface area contributed by atoms with Gasteiger partial charge < -0.3 is 9.84 Å². The molecule has 3 aliphatic carbocycles. The molecule has 3 nitrogen and oxygen atoms in total. The van der Waals surface area contributed by atoms with E-state index in [-0.39, 0.29) is 5.41 Å². The van der Waals surface area contributed by atoms with Crippen molar-refractivity contribution in [2.24, 2.45) is 5.92 Å². The Morgan fingerprint density at radius 1 is 1.21 bits per heavy atom. The highest BCUT2D eigenvalue weighted by molar-refractivity contribution is 5.48. The summed E-state index contributed by atoms with van der Waals surface area (Å²) >= 11 is 0. The van der Waals surface area contributed by atoms with Crippen LogP contribution in [0.25, 0.3) is 0 Å². The zero-order valence-corrected chi connectivity index (χ0v) is 14.8. The lowest BCUT2D eigenvalue weighted by atomic mass is 9.49. The van der Waals surface area contributed by atoms with Crippen LogP contribution >= 0.6 is 0 Å². The van der Waals surface area contributed by atoms with E-state index in [1.54, 1.807) is 7.11 Å². The van der Waals surface area contributed by atoms with Gasteiger partial charge in [-0.25, -0.2) is 0 Å². The third-order valence-corrected chi connectivity index (χ3v) is 7.49. The van der Waals surface area contributed by atoms with Gasteiger partial charge in [-0.3, -0.25) is 4.90 Å². The van der Waals surface area contributed by atoms with Crippen molar-refractivity contribution in [1.29, 1.82) is 0 Å². The second kappa shape index (κ2) is 5.22. The molecule has 1 N–H and O–H groups in total. The second-order valence-electron chi connectivity index (χ2n) is 8.64. The number of hydrogen-bond acceptors (Lipinski definition) is 3. The zero-order chi connectivity index (χ0) is 16.4.